The quantitative estimate of drug-likeness (QED) is 0.554. The molecule has 4 heteroatoms. The molecule has 0 aliphatic heterocycles. The summed E-state index contributed by atoms with van der Waals surface area (Å²) in [5.41, 5.74) is 4.99. The Morgan fingerprint density at radius 3 is 2.56 bits per heavy atom. The van der Waals surface area contributed by atoms with E-state index >= 15 is 0 Å². The minimum Gasteiger partial charge on any atom is -0.379 e. The average molecular weight is 256 g/mol. The molecule has 106 valence electrons. The van der Waals surface area contributed by atoms with Gasteiger partial charge in [0.1, 0.15) is 5.54 Å². The third-order valence-corrected chi connectivity index (χ3v) is 3.63. The van der Waals surface area contributed by atoms with Crippen LogP contribution in [0.5, 0.6) is 0 Å². The van der Waals surface area contributed by atoms with E-state index in [1.54, 1.807) is 0 Å². The number of nitrogens with one attached hydrogen (secondary N) is 1. The first-order valence-corrected chi connectivity index (χ1v) is 7.30. The van der Waals surface area contributed by atoms with E-state index in [2.05, 4.69) is 19.2 Å². The molecule has 0 aromatic carbocycles. The number of ether oxygens (including phenoxy) is 1. The number of carbonyl (C=O) groups is 1. The lowest BCUT2D eigenvalue weighted by molar-refractivity contribution is -0.128. The number of rotatable bonds is 11. The topological polar surface area (TPSA) is 64.3 Å². The molecule has 1 rings (SSSR count). The van der Waals surface area contributed by atoms with E-state index in [9.17, 15) is 4.79 Å². The van der Waals surface area contributed by atoms with Gasteiger partial charge in [-0.25, -0.2) is 0 Å². The molecular weight excluding hydrogens is 228 g/mol. The molecule has 0 saturated heterocycles. The predicted octanol–water partition coefficient (Wildman–Crippen LogP) is 1.83. The molecule has 4 nitrogen and oxygen atoms in total. The van der Waals surface area contributed by atoms with Crippen molar-refractivity contribution in [1.29, 1.82) is 0 Å². The van der Waals surface area contributed by atoms with E-state index in [-0.39, 0.29) is 5.91 Å². The van der Waals surface area contributed by atoms with Gasteiger partial charge in [0.25, 0.3) is 0 Å². The van der Waals surface area contributed by atoms with Gasteiger partial charge in [-0.1, -0.05) is 26.7 Å². The minimum absolute atomic E-state index is 0.256. The predicted molar refractivity (Wildman–Crippen MR) is 73.3 cm³/mol. The van der Waals surface area contributed by atoms with Crippen molar-refractivity contribution in [3.63, 3.8) is 0 Å². The second-order valence-electron chi connectivity index (χ2n) is 5.30. The second-order valence-corrected chi connectivity index (χ2v) is 5.30. The number of unbranched alkanes of at least 4 members (excludes halogenated alkanes) is 2. The zero-order valence-corrected chi connectivity index (χ0v) is 11.8. The fourth-order valence-corrected chi connectivity index (χ4v) is 2.28. The molecule has 1 aliphatic carbocycles. The third-order valence-electron chi connectivity index (χ3n) is 3.63. The van der Waals surface area contributed by atoms with Crippen LogP contribution in [0.4, 0.5) is 0 Å². The smallest absolute Gasteiger partial charge is 0.240 e. The molecular formula is C14H28N2O2. The van der Waals surface area contributed by atoms with Crippen molar-refractivity contribution in [3.8, 4) is 0 Å². The van der Waals surface area contributed by atoms with Crippen LogP contribution in [0.2, 0.25) is 0 Å². The van der Waals surface area contributed by atoms with Gasteiger partial charge in [0.15, 0.2) is 0 Å². The number of carbonyl (C=O) groups excluding carboxylic acids is 1. The Kier molecular flexibility index (Phi) is 6.65. The van der Waals surface area contributed by atoms with Crippen LogP contribution in [-0.4, -0.2) is 31.2 Å². The molecule has 1 amide bonds. The third kappa shape index (κ3) is 4.25. The summed E-state index contributed by atoms with van der Waals surface area (Å²) in [6.45, 7) is 6.23. The highest BCUT2D eigenvalue weighted by Crippen LogP contribution is 2.40. The highest BCUT2D eigenvalue weighted by Gasteiger charge is 2.49. The summed E-state index contributed by atoms with van der Waals surface area (Å²) in [4.78, 5) is 11.8. The summed E-state index contributed by atoms with van der Waals surface area (Å²) < 4.78 is 5.70. The molecule has 18 heavy (non-hydrogen) atoms. The van der Waals surface area contributed by atoms with E-state index < -0.39 is 5.54 Å². The van der Waals surface area contributed by atoms with Crippen molar-refractivity contribution in [1.82, 2.24) is 5.32 Å². The number of nitrogens with two attached hydrogens (primary N) is 1. The second kappa shape index (κ2) is 7.74. The van der Waals surface area contributed by atoms with E-state index in [1.165, 1.54) is 12.8 Å². The minimum atomic E-state index is -0.623. The SMILES string of the molecule is CCCCCOCC(NCCC)(C(N)=O)C1CC1. The zero-order chi connectivity index (χ0) is 13.4. The fourth-order valence-electron chi connectivity index (χ4n) is 2.28. The van der Waals surface area contributed by atoms with Gasteiger partial charge in [0, 0.05) is 6.61 Å². The molecule has 1 fully saturated rings. The van der Waals surface area contributed by atoms with Gasteiger partial charge in [-0.2, -0.15) is 0 Å². The van der Waals surface area contributed by atoms with Gasteiger partial charge in [-0.05, 0) is 38.1 Å². The maximum atomic E-state index is 11.8. The van der Waals surface area contributed by atoms with Crippen LogP contribution in [0.1, 0.15) is 52.4 Å². The zero-order valence-electron chi connectivity index (χ0n) is 11.8. The summed E-state index contributed by atoms with van der Waals surface area (Å²) in [5, 5.41) is 3.34. The molecule has 1 aliphatic rings. The summed E-state index contributed by atoms with van der Waals surface area (Å²) in [6.07, 6.45) is 6.58. The Morgan fingerprint density at radius 1 is 1.33 bits per heavy atom. The monoisotopic (exact) mass is 256 g/mol. The molecule has 1 unspecified atom stereocenters. The van der Waals surface area contributed by atoms with E-state index in [0.29, 0.717) is 12.5 Å². The summed E-state index contributed by atoms with van der Waals surface area (Å²) >= 11 is 0. The van der Waals surface area contributed by atoms with Gasteiger partial charge in [-0.15, -0.1) is 0 Å². The van der Waals surface area contributed by atoms with Crippen molar-refractivity contribution in [3.05, 3.63) is 0 Å². The number of hydrogen-bond donors (Lipinski definition) is 2. The molecule has 3 N–H and O–H groups in total. The van der Waals surface area contributed by atoms with Crippen LogP contribution < -0.4 is 11.1 Å². The van der Waals surface area contributed by atoms with Crippen molar-refractivity contribution < 1.29 is 9.53 Å². The highest BCUT2D eigenvalue weighted by molar-refractivity contribution is 5.85. The molecule has 0 spiro atoms. The normalized spacial score (nSPS) is 18.6. The van der Waals surface area contributed by atoms with Crippen LogP contribution in [0.15, 0.2) is 0 Å². The van der Waals surface area contributed by atoms with Crippen LogP contribution >= 0.6 is 0 Å². The molecule has 0 radical (unpaired) electrons. The maximum absolute atomic E-state index is 11.8. The number of hydrogen-bond acceptors (Lipinski definition) is 3. The van der Waals surface area contributed by atoms with Crippen LogP contribution in [0.25, 0.3) is 0 Å². The lowest BCUT2D eigenvalue weighted by atomic mass is 9.93. The summed E-state index contributed by atoms with van der Waals surface area (Å²) in [7, 11) is 0. The first-order valence-electron chi connectivity index (χ1n) is 7.30. The van der Waals surface area contributed by atoms with Crippen LogP contribution in [0.3, 0.4) is 0 Å². The molecule has 1 atom stereocenters. The Balaban J connectivity index is 2.45. The summed E-state index contributed by atoms with van der Waals surface area (Å²) in [5.74, 6) is 0.113. The van der Waals surface area contributed by atoms with E-state index in [4.69, 9.17) is 10.5 Å². The molecule has 0 bridgehead atoms. The Labute approximate surface area is 111 Å². The molecule has 0 aromatic rings. The molecule has 1 saturated carbocycles. The Hall–Kier alpha value is -0.610. The van der Waals surface area contributed by atoms with Gasteiger partial charge in [0.05, 0.1) is 6.61 Å². The average Bonchev–Trinajstić information content (AvgIpc) is 3.17. The van der Waals surface area contributed by atoms with Crippen molar-refractivity contribution in [2.24, 2.45) is 11.7 Å². The summed E-state index contributed by atoms with van der Waals surface area (Å²) in [6, 6.07) is 0. The van der Waals surface area contributed by atoms with Crippen molar-refractivity contribution >= 4 is 5.91 Å². The van der Waals surface area contributed by atoms with E-state index in [0.717, 1.165) is 38.8 Å². The van der Waals surface area contributed by atoms with Gasteiger partial charge in [0.2, 0.25) is 5.91 Å². The Morgan fingerprint density at radius 2 is 2.06 bits per heavy atom. The molecule has 0 aromatic heterocycles. The van der Waals surface area contributed by atoms with Gasteiger partial charge in [-0.3, -0.25) is 4.79 Å². The number of primary amides is 1. The largest absolute Gasteiger partial charge is 0.379 e. The van der Waals surface area contributed by atoms with Crippen molar-refractivity contribution in [2.75, 3.05) is 19.8 Å². The maximum Gasteiger partial charge on any atom is 0.240 e. The van der Waals surface area contributed by atoms with Gasteiger partial charge >= 0.3 is 0 Å². The molecule has 0 heterocycles. The lowest BCUT2D eigenvalue weighted by Gasteiger charge is -2.31. The Bertz CT molecular complexity index is 254. The van der Waals surface area contributed by atoms with Crippen LogP contribution in [0, 0.1) is 5.92 Å². The lowest BCUT2D eigenvalue weighted by Crippen LogP contribution is -2.60. The van der Waals surface area contributed by atoms with Gasteiger partial charge < -0.3 is 15.8 Å². The fraction of sp³-hybridized carbons (Fsp3) is 0.929. The highest BCUT2D eigenvalue weighted by atomic mass is 16.5. The van der Waals surface area contributed by atoms with Crippen molar-refractivity contribution in [2.45, 2.75) is 57.9 Å². The standard InChI is InChI=1S/C14H28N2O2/c1-3-5-6-10-18-11-14(13(15)17,12-7-8-12)16-9-4-2/h12,16H,3-11H2,1-2H3,(H2,15,17). The number of amides is 1. The van der Waals surface area contributed by atoms with Crippen LogP contribution in [-0.2, 0) is 9.53 Å². The first kappa shape index (κ1) is 15.4. The first-order chi connectivity index (χ1) is 8.67. The van der Waals surface area contributed by atoms with E-state index in [1.807, 2.05) is 0 Å².